The minimum absolute atomic E-state index is 0.724. The van der Waals surface area contributed by atoms with Crippen LogP contribution in [0.5, 0.6) is 0 Å². The highest BCUT2D eigenvalue weighted by Crippen LogP contribution is 2.35. The highest BCUT2D eigenvalue weighted by Gasteiger charge is 2.57. The number of carbonyl (C=O) groups is 2. The van der Waals surface area contributed by atoms with E-state index in [-0.39, 0.29) is 0 Å². The Labute approximate surface area is 282 Å². The van der Waals surface area contributed by atoms with Crippen LogP contribution >= 0.6 is 0 Å². The third kappa shape index (κ3) is 8.05. The zero-order valence-electron chi connectivity index (χ0n) is 26.8. The summed E-state index contributed by atoms with van der Waals surface area (Å²) in [6.45, 7) is -1.69. The van der Waals surface area contributed by atoms with Gasteiger partial charge in [0, 0.05) is 21.3 Å². The number of carboxylic acids is 2. The van der Waals surface area contributed by atoms with Crippen LogP contribution in [-0.2, 0) is 57.0 Å². The SMILES string of the molecule is COC1OC(CO)C(O)C(OC2OC(C(=O)O)C(O)C(OC3OC(CO)C(O)C(OC4OC(C(=O)O)C(O)C(OC)C4O)C3O)C2O)C1OC. The summed E-state index contributed by atoms with van der Waals surface area (Å²) in [4.78, 5) is 23.8. The minimum atomic E-state index is -2.21. The number of rotatable bonds is 13. The highest BCUT2D eigenvalue weighted by atomic mass is 16.8. The van der Waals surface area contributed by atoms with Crippen molar-refractivity contribution in [1.29, 1.82) is 0 Å². The van der Waals surface area contributed by atoms with Crippen molar-refractivity contribution in [2.24, 2.45) is 0 Å². The van der Waals surface area contributed by atoms with Gasteiger partial charge in [0.2, 0.25) is 0 Å². The molecular formula is C27H44O23. The fourth-order valence-electron chi connectivity index (χ4n) is 6.17. The first-order valence-corrected chi connectivity index (χ1v) is 15.3. The van der Waals surface area contributed by atoms with E-state index < -0.39 is 148 Å². The molecule has 0 saturated carbocycles. The summed E-state index contributed by atoms with van der Waals surface area (Å²) < 4.78 is 53.7. The van der Waals surface area contributed by atoms with Gasteiger partial charge in [-0.3, -0.25) is 0 Å². The Kier molecular flexibility index (Phi) is 14.2. The van der Waals surface area contributed by atoms with Crippen molar-refractivity contribution in [3.63, 3.8) is 0 Å². The summed E-state index contributed by atoms with van der Waals surface area (Å²) in [5.41, 5.74) is 0. The largest absolute Gasteiger partial charge is 0.479 e. The molecule has 0 spiro atoms. The fraction of sp³-hybridized carbons (Fsp3) is 0.926. The summed E-state index contributed by atoms with van der Waals surface area (Å²) in [5, 5.41) is 115. The average Bonchev–Trinajstić information content (AvgIpc) is 3.08. The number of hydrogen-bond acceptors (Lipinski definition) is 21. The van der Waals surface area contributed by atoms with Crippen LogP contribution in [0.3, 0.4) is 0 Å². The summed E-state index contributed by atoms with van der Waals surface area (Å²) in [6.07, 6.45) is -36.6. The molecule has 20 unspecified atom stereocenters. The molecule has 0 amide bonds. The van der Waals surface area contributed by atoms with Gasteiger partial charge in [-0.05, 0) is 0 Å². The van der Waals surface area contributed by atoms with Gasteiger partial charge in [0.1, 0.15) is 85.5 Å². The van der Waals surface area contributed by atoms with E-state index in [1.807, 2.05) is 0 Å². The predicted molar refractivity (Wildman–Crippen MR) is 149 cm³/mol. The van der Waals surface area contributed by atoms with Gasteiger partial charge < -0.3 is 104 Å². The van der Waals surface area contributed by atoms with Gasteiger partial charge in [-0.25, -0.2) is 9.59 Å². The standard InChI is InChI=1S/C27H44O23/c1-41-15-10(32)19(22(37)38)49-25(12(15)34)46-16-8(30)6(4-28)44-24(13(16)35)47-17-11(33)20(23(39)40)50-26(14(17)36)48-18-9(31)7(5-29)45-27(43-3)21(18)42-2/h6-21,24-36H,4-5H2,1-3H3,(H,37,38)(H,39,40). The first-order chi connectivity index (χ1) is 23.6. The van der Waals surface area contributed by atoms with E-state index in [9.17, 15) is 65.8 Å². The maximum atomic E-state index is 12.1. The van der Waals surface area contributed by atoms with Crippen molar-refractivity contribution >= 4 is 11.9 Å². The molecule has 290 valence electrons. The summed E-state index contributed by atoms with van der Waals surface area (Å²) >= 11 is 0. The van der Waals surface area contributed by atoms with Crippen LogP contribution in [0.1, 0.15) is 0 Å². The molecule has 23 nitrogen and oxygen atoms in total. The van der Waals surface area contributed by atoms with Crippen molar-refractivity contribution in [3.05, 3.63) is 0 Å². The molecule has 20 atom stereocenters. The van der Waals surface area contributed by atoms with Gasteiger partial charge in [-0.1, -0.05) is 0 Å². The molecule has 4 aliphatic heterocycles. The molecule has 4 heterocycles. The molecule has 0 aromatic heterocycles. The first-order valence-electron chi connectivity index (χ1n) is 15.3. The molecule has 50 heavy (non-hydrogen) atoms. The van der Waals surface area contributed by atoms with Crippen LogP contribution in [0.25, 0.3) is 0 Å². The Morgan fingerprint density at radius 2 is 0.820 bits per heavy atom. The van der Waals surface area contributed by atoms with Gasteiger partial charge in [0.15, 0.2) is 37.4 Å². The minimum Gasteiger partial charge on any atom is -0.479 e. The number of carboxylic acid groups (broad SMARTS) is 2. The maximum absolute atomic E-state index is 12.1. The van der Waals surface area contributed by atoms with Crippen molar-refractivity contribution in [2.75, 3.05) is 34.5 Å². The maximum Gasteiger partial charge on any atom is 0.335 e. The quantitative estimate of drug-likeness (QED) is 0.0836. The van der Waals surface area contributed by atoms with Crippen LogP contribution < -0.4 is 0 Å². The first kappa shape index (κ1) is 40.9. The Balaban J connectivity index is 1.59. The van der Waals surface area contributed by atoms with E-state index in [4.69, 9.17) is 47.4 Å². The zero-order chi connectivity index (χ0) is 37.2. The molecule has 4 fully saturated rings. The molecule has 0 radical (unpaired) electrons. The van der Waals surface area contributed by atoms with Crippen LogP contribution in [-0.4, -0.2) is 225 Å². The number of ether oxygens (including phenoxy) is 10. The van der Waals surface area contributed by atoms with E-state index in [1.54, 1.807) is 0 Å². The topological polar surface area (TPSA) is 349 Å². The third-order valence-electron chi connectivity index (χ3n) is 8.84. The smallest absolute Gasteiger partial charge is 0.335 e. The van der Waals surface area contributed by atoms with Gasteiger partial charge in [0.05, 0.1) is 13.2 Å². The molecule has 11 N–H and O–H groups in total. The van der Waals surface area contributed by atoms with Crippen LogP contribution in [0.15, 0.2) is 0 Å². The Hall–Kier alpha value is -1.82. The zero-order valence-corrected chi connectivity index (χ0v) is 26.8. The van der Waals surface area contributed by atoms with E-state index in [2.05, 4.69) is 0 Å². The molecule has 0 aromatic carbocycles. The molecule has 23 heteroatoms. The van der Waals surface area contributed by atoms with Gasteiger partial charge in [-0.2, -0.15) is 0 Å². The van der Waals surface area contributed by atoms with E-state index in [0.717, 1.165) is 7.11 Å². The molecule has 4 aliphatic rings. The molecule has 0 aromatic rings. The summed E-state index contributed by atoms with van der Waals surface area (Å²) in [5.74, 6) is -3.45. The Morgan fingerprint density at radius 3 is 1.24 bits per heavy atom. The number of aliphatic carboxylic acids is 2. The highest BCUT2D eigenvalue weighted by molar-refractivity contribution is 5.73. The molecule has 4 rings (SSSR count). The Morgan fingerprint density at radius 1 is 0.460 bits per heavy atom. The summed E-state index contributed by atoms with van der Waals surface area (Å²) in [7, 11) is 3.47. The van der Waals surface area contributed by atoms with Crippen molar-refractivity contribution in [1.82, 2.24) is 0 Å². The molecule has 4 saturated heterocycles. The van der Waals surface area contributed by atoms with E-state index in [1.165, 1.54) is 14.2 Å². The second kappa shape index (κ2) is 17.3. The lowest BCUT2D eigenvalue weighted by Crippen LogP contribution is -2.68. The monoisotopic (exact) mass is 736 g/mol. The third-order valence-corrected chi connectivity index (χ3v) is 8.84. The Bertz CT molecular complexity index is 1120. The lowest BCUT2D eigenvalue weighted by atomic mass is 9.95. The molecular weight excluding hydrogens is 692 g/mol. The van der Waals surface area contributed by atoms with Crippen LogP contribution in [0.4, 0.5) is 0 Å². The second-order valence-corrected chi connectivity index (χ2v) is 11.9. The number of methoxy groups -OCH3 is 3. The summed E-state index contributed by atoms with van der Waals surface area (Å²) in [6, 6.07) is 0. The average molecular weight is 737 g/mol. The second-order valence-electron chi connectivity index (χ2n) is 11.9. The van der Waals surface area contributed by atoms with Crippen molar-refractivity contribution in [2.45, 2.75) is 123 Å². The van der Waals surface area contributed by atoms with Gasteiger partial charge >= 0.3 is 11.9 Å². The van der Waals surface area contributed by atoms with Gasteiger partial charge in [0.25, 0.3) is 0 Å². The van der Waals surface area contributed by atoms with Gasteiger partial charge in [-0.15, -0.1) is 0 Å². The van der Waals surface area contributed by atoms with Crippen LogP contribution in [0, 0.1) is 0 Å². The number of hydrogen-bond donors (Lipinski definition) is 11. The number of aliphatic hydroxyl groups excluding tert-OH is 9. The van der Waals surface area contributed by atoms with Crippen LogP contribution in [0.2, 0.25) is 0 Å². The van der Waals surface area contributed by atoms with E-state index >= 15 is 0 Å². The lowest BCUT2D eigenvalue weighted by molar-refractivity contribution is -0.387. The fourth-order valence-corrected chi connectivity index (χ4v) is 6.17. The predicted octanol–water partition coefficient (Wildman–Crippen LogP) is -7.60. The molecule has 0 aliphatic carbocycles. The number of aliphatic hydroxyl groups is 9. The van der Waals surface area contributed by atoms with E-state index in [0.29, 0.717) is 0 Å². The van der Waals surface area contributed by atoms with Crippen molar-refractivity contribution < 1.29 is 113 Å². The molecule has 0 bridgehead atoms. The normalized spacial score (nSPS) is 48.6. The van der Waals surface area contributed by atoms with Crippen molar-refractivity contribution in [3.8, 4) is 0 Å². The lowest BCUT2D eigenvalue weighted by Gasteiger charge is -2.49.